The monoisotopic (exact) mass is 467 g/mol. The molecule has 2 aromatic carbocycles. The summed E-state index contributed by atoms with van der Waals surface area (Å²) in [6, 6.07) is 16.9. The van der Waals surface area contributed by atoms with Gasteiger partial charge in [-0.15, -0.1) is 0 Å². The molecule has 1 atom stereocenters. The average molecular weight is 468 g/mol. The Morgan fingerprint density at radius 1 is 0.882 bits per heavy atom. The Balaban J connectivity index is 1.58. The molecule has 0 aliphatic carbocycles. The van der Waals surface area contributed by atoms with Gasteiger partial charge in [0, 0.05) is 44.0 Å². The fraction of sp³-hybridized carbons (Fsp3) is 0.600. The van der Waals surface area contributed by atoms with Gasteiger partial charge in [-0.05, 0) is 85.8 Å². The maximum absolute atomic E-state index is 13.1. The van der Waals surface area contributed by atoms with Crippen molar-refractivity contribution in [3.63, 3.8) is 0 Å². The SMILES string of the molecule is CC(C)CCN(c1ccc(CCc2ccc(F)cc2)cc1)C1CCN(C[C@H](N)CC(C)C)CC1. The molecule has 3 rings (SSSR count). The van der Waals surface area contributed by atoms with E-state index in [2.05, 4.69) is 61.8 Å². The minimum absolute atomic E-state index is 0.168. The normalized spacial score (nSPS) is 16.4. The molecule has 0 unspecified atom stereocenters. The Morgan fingerprint density at radius 2 is 1.44 bits per heavy atom. The van der Waals surface area contributed by atoms with Gasteiger partial charge in [-0.2, -0.15) is 0 Å². The van der Waals surface area contributed by atoms with Crippen LogP contribution in [0.25, 0.3) is 0 Å². The maximum atomic E-state index is 13.1. The Bertz CT molecular complexity index is 823. The van der Waals surface area contributed by atoms with Crippen molar-refractivity contribution in [1.29, 1.82) is 0 Å². The number of aryl methyl sites for hydroxylation is 2. The van der Waals surface area contributed by atoms with Gasteiger partial charge in [0.15, 0.2) is 0 Å². The third kappa shape index (κ3) is 8.70. The molecule has 188 valence electrons. The molecule has 34 heavy (non-hydrogen) atoms. The van der Waals surface area contributed by atoms with E-state index >= 15 is 0 Å². The minimum atomic E-state index is -0.168. The van der Waals surface area contributed by atoms with Crippen molar-refractivity contribution < 1.29 is 4.39 Å². The van der Waals surface area contributed by atoms with Crippen molar-refractivity contribution in [3.8, 4) is 0 Å². The van der Waals surface area contributed by atoms with Crippen molar-refractivity contribution in [1.82, 2.24) is 4.90 Å². The summed E-state index contributed by atoms with van der Waals surface area (Å²) in [5.41, 5.74) is 10.3. The van der Waals surface area contributed by atoms with Gasteiger partial charge >= 0.3 is 0 Å². The number of benzene rings is 2. The van der Waals surface area contributed by atoms with Crippen LogP contribution in [0.3, 0.4) is 0 Å². The first-order valence-electron chi connectivity index (χ1n) is 13.4. The predicted molar refractivity (Wildman–Crippen MR) is 144 cm³/mol. The van der Waals surface area contributed by atoms with Crippen molar-refractivity contribution in [2.45, 2.75) is 78.3 Å². The second-order valence-corrected chi connectivity index (χ2v) is 11.1. The van der Waals surface area contributed by atoms with E-state index in [1.807, 2.05) is 12.1 Å². The van der Waals surface area contributed by atoms with Crippen LogP contribution in [-0.4, -0.2) is 43.2 Å². The number of rotatable bonds is 12. The van der Waals surface area contributed by atoms with Gasteiger partial charge in [-0.1, -0.05) is 52.0 Å². The van der Waals surface area contributed by atoms with Crippen LogP contribution < -0.4 is 10.6 Å². The van der Waals surface area contributed by atoms with Crippen LogP contribution in [0.1, 0.15) is 64.5 Å². The van der Waals surface area contributed by atoms with Gasteiger partial charge < -0.3 is 15.5 Å². The summed E-state index contributed by atoms with van der Waals surface area (Å²) < 4.78 is 13.1. The first-order chi connectivity index (χ1) is 16.3. The molecular formula is C30H46FN3. The van der Waals surface area contributed by atoms with Crippen molar-refractivity contribution in [2.24, 2.45) is 17.6 Å². The van der Waals surface area contributed by atoms with E-state index in [0.29, 0.717) is 17.9 Å². The summed E-state index contributed by atoms with van der Waals surface area (Å²) in [7, 11) is 0. The third-order valence-corrected chi connectivity index (χ3v) is 7.10. The first kappa shape index (κ1) is 26.7. The fourth-order valence-corrected chi connectivity index (χ4v) is 5.14. The number of hydrogen-bond acceptors (Lipinski definition) is 3. The van der Waals surface area contributed by atoms with Gasteiger partial charge in [-0.25, -0.2) is 4.39 Å². The van der Waals surface area contributed by atoms with Crippen LogP contribution in [0.4, 0.5) is 10.1 Å². The van der Waals surface area contributed by atoms with E-state index in [4.69, 9.17) is 5.73 Å². The molecule has 3 nitrogen and oxygen atoms in total. The molecule has 2 N–H and O–H groups in total. The Morgan fingerprint density at radius 3 is 1.97 bits per heavy atom. The number of nitrogens with two attached hydrogens (primary N) is 1. The van der Waals surface area contributed by atoms with Crippen LogP contribution in [0, 0.1) is 17.7 Å². The molecule has 0 bridgehead atoms. The largest absolute Gasteiger partial charge is 0.368 e. The number of anilines is 1. The standard InChI is InChI=1S/C30H46FN3/c1-23(2)15-20-34(30-16-18-33(19-17-30)22-28(32)21-24(3)4)29-13-9-26(10-14-29)6-5-25-7-11-27(31)12-8-25/h7-14,23-24,28,30H,5-6,15-22,32H2,1-4H3/t28-/m1/s1. The van der Waals surface area contributed by atoms with Crippen LogP contribution in [0.2, 0.25) is 0 Å². The summed E-state index contributed by atoms with van der Waals surface area (Å²) in [4.78, 5) is 5.23. The van der Waals surface area contributed by atoms with Crippen molar-refractivity contribution in [2.75, 3.05) is 31.1 Å². The lowest BCUT2D eigenvalue weighted by Gasteiger charge is -2.41. The van der Waals surface area contributed by atoms with E-state index in [0.717, 1.165) is 45.4 Å². The molecule has 0 amide bonds. The highest BCUT2D eigenvalue weighted by Gasteiger charge is 2.26. The van der Waals surface area contributed by atoms with E-state index in [1.165, 1.54) is 36.1 Å². The smallest absolute Gasteiger partial charge is 0.123 e. The highest BCUT2D eigenvalue weighted by Crippen LogP contribution is 2.26. The maximum Gasteiger partial charge on any atom is 0.123 e. The zero-order valence-corrected chi connectivity index (χ0v) is 21.8. The van der Waals surface area contributed by atoms with E-state index in [1.54, 1.807) is 12.1 Å². The fourth-order valence-electron chi connectivity index (χ4n) is 5.14. The summed E-state index contributed by atoms with van der Waals surface area (Å²) in [6.07, 6.45) is 6.65. The van der Waals surface area contributed by atoms with E-state index in [9.17, 15) is 4.39 Å². The Kier molecular flexibility index (Phi) is 10.4. The predicted octanol–water partition coefficient (Wildman–Crippen LogP) is 6.30. The first-order valence-corrected chi connectivity index (χ1v) is 13.4. The lowest BCUT2D eigenvalue weighted by molar-refractivity contribution is 0.191. The third-order valence-electron chi connectivity index (χ3n) is 7.10. The van der Waals surface area contributed by atoms with Crippen LogP contribution in [-0.2, 0) is 12.8 Å². The quantitative estimate of drug-likeness (QED) is 0.397. The van der Waals surface area contributed by atoms with Gasteiger partial charge in [0.25, 0.3) is 0 Å². The highest BCUT2D eigenvalue weighted by atomic mass is 19.1. The average Bonchev–Trinajstić information content (AvgIpc) is 2.80. The Labute approximate surface area is 207 Å². The molecule has 0 aromatic heterocycles. The summed E-state index contributed by atoms with van der Waals surface area (Å²) in [5.74, 6) is 1.20. The number of nitrogens with zero attached hydrogens (tertiary/aromatic N) is 2. The van der Waals surface area contributed by atoms with Gasteiger partial charge in [0.2, 0.25) is 0 Å². The minimum Gasteiger partial charge on any atom is -0.368 e. The van der Waals surface area contributed by atoms with Crippen molar-refractivity contribution in [3.05, 3.63) is 65.5 Å². The Hall–Kier alpha value is -1.91. The number of hydrogen-bond donors (Lipinski definition) is 1. The zero-order chi connectivity index (χ0) is 24.5. The van der Waals surface area contributed by atoms with Crippen LogP contribution in [0.5, 0.6) is 0 Å². The second kappa shape index (κ2) is 13.3. The van der Waals surface area contributed by atoms with Crippen LogP contribution in [0.15, 0.2) is 48.5 Å². The molecule has 1 aliphatic heterocycles. The molecule has 1 fully saturated rings. The molecule has 0 radical (unpaired) electrons. The molecule has 0 spiro atoms. The van der Waals surface area contributed by atoms with Gasteiger partial charge in [-0.3, -0.25) is 0 Å². The van der Waals surface area contributed by atoms with E-state index < -0.39 is 0 Å². The molecule has 1 aliphatic rings. The zero-order valence-electron chi connectivity index (χ0n) is 21.8. The van der Waals surface area contributed by atoms with Crippen LogP contribution >= 0.6 is 0 Å². The highest BCUT2D eigenvalue weighted by molar-refractivity contribution is 5.49. The lowest BCUT2D eigenvalue weighted by Crippen LogP contribution is -2.48. The molecule has 0 saturated carbocycles. The van der Waals surface area contributed by atoms with Gasteiger partial charge in [0.05, 0.1) is 0 Å². The topological polar surface area (TPSA) is 32.5 Å². The molecule has 4 heteroatoms. The van der Waals surface area contributed by atoms with Crippen molar-refractivity contribution >= 4 is 5.69 Å². The van der Waals surface area contributed by atoms with E-state index in [-0.39, 0.29) is 11.9 Å². The number of likely N-dealkylation sites (tertiary alicyclic amines) is 1. The molecular weight excluding hydrogens is 421 g/mol. The number of piperidine rings is 1. The molecule has 2 aromatic rings. The molecule has 1 heterocycles. The summed E-state index contributed by atoms with van der Waals surface area (Å²) in [5, 5.41) is 0. The lowest BCUT2D eigenvalue weighted by atomic mass is 9.98. The second-order valence-electron chi connectivity index (χ2n) is 11.1. The molecule has 1 saturated heterocycles. The summed E-state index contributed by atoms with van der Waals surface area (Å²) in [6.45, 7) is 13.6. The van der Waals surface area contributed by atoms with Gasteiger partial charge in [0.1, 0.15) is 5.82 Å². The summed E-state index contributed by atoms with van der Waals surface area (Å²) >= 11 is 0. The number of halogens is 1.